The standard InChI is InChI=1S/C21H18F2N6O3/c1-31-13-8-14(32-2)17(23)19(16(13)22)28-10-11-9-25-20-12(5-7-24-20)18(11)29(21(28)30)15-4-3-6-26-27-15/h3-9,26-27H,10H2,1-2H3,(H,24,25). The first-order valence-corrected chi connectivity index (χ1v) is 9.60. The molecule has 0 aliphatic carbocycles. The molecule has 1 aromatic carbocycles. The lowest BCUT2D eigenvalue weighted by Crippen LogP contribution is -2.51. The summed E-state index contributed by atoms with van der Waals surface area (Å²) < 4.78 is 40.6. The fourth-order valence-corrected chi connectivity index (χ4v) is 3.85. The zero-order valence-corrected chi connectivity index (χ0v) is 17.1. The van der Waals surface area contributed by atoms with Crippen molar-refractivity contribution in [2.75, 3.05) is 24.0 Å². The Bertz CT molecular complexity index is 1270. The maximum absolute atomic E-state index is 15.2. The minimum absolute atomic E-state index is 0.112. The number of allylic oxidation sites excluding steroid dienone is 2. The van der Waals surface area contributed by atoms with Crippen molar-refractivity contribution in [3.05, 3.63) is 65.9 Å². The summed E-state index contributed by atoms with van der Waals surface area (Å²) in [6.07, 6.45) is 8.28. The van der Waals surface area contributed by atoms with Gasteiger partial charge >= 0.3 is 6.03 Å². The summed E-state index contributed by atoms with van der Waals surface area (Å²) >= 11 is 0. The van der Waals surface area contributed by atoms with Gasteiger partial charge in [-0.3, -0.25) is 10.3 Å². The molecule has 11 heteroatoms. The van der Waals surface area contributed by atoms with E-state index in [9.17, 15) is 4.79 Å². The lowest BCUT2D eigenvalue weighted by molar-refractivity contribution is 0.250. The summed E-state index contributed by atoms with van der Waals surface area (Å²) in [5, 5.41) is 0.692. The zero-order chi connectivity index (χ0) is 22.4. The molecule has 32 heavy (non-hydrogen) atoms. The molecule has 164 valence electrons. The zero-order valence-electron chi connectivity index (χ0n) is 17.1. The SMILES string of the molecule is COc1cc(OC)c(F)c(N2Cc3cnc4[nH]ccc4c3N(C3=CC=CNN3)C2=O)c1F. The second-order valence-corrected chi connectivity index (χ2v) is 7.01. The van der Waals surface area contributed by atoms with Gasteiger partial charge in [-0.2, -0.15) is 0 Å². The van der Waals surface area contributed by atoms with Gasteiger partial charge in [0, 0.05) is 35.6 Å². The largest absolute Gasteiger partial charge is 0.493 e. The van der Waals surface area contributed by atoms with Crippen LogP contribution in [0.1, 0.15) is 5.56 Å². The van der Waals surface area contributed by atoms with Crippen LogP contribution < -0.4 is 30.1 Å². The number of nitrogens with one attached hydrogen (secondary N) is 3. The van der Waals surface area contributed by atoms with E-state index in [1.54, 1.807) is 36.8 Å². The molecule has 5 rings (SSSR count). The number of carbonyl (C=O) groups excluding carboxylic acids is 1. The Kier molecular flexibility index (Phi) is 4.58. The van der Waals surface area contributed by atoms with Crippen molar-refractivity contribution < 1.29 is 23.0 Å². The predicted octanol–water partition coefficient (Wildman–Crippen LogP) is 3.27. The van der Waals surface area contributed by atoms with Crippen molar-refractivity contribution >= 4 is 28.4 Å². The van der Waals surface area contributed by atoms with E-state index in [1.807, 2.05) is 0 Å². The number of urea groups is 1. The summed E-state index contributed by atoms with van der Waals surface area (Å²) in [5.41, 5.74) is 6.87. The van der Waals surface area contributed by atoms with E-state index >= 15 is 8.78 Å². The van der Waals surface area contributed by atoms with Crippen LogP contribution in [0.15, 0.2) is 48.7 Å². The number of nitrogens with zero attached hydrogens (tertiary/aromatic N) is 3. The Balaban J connectivity index is 1.75. The molecule has 0 radical (unpaired) electrons. The highest BCUT2D eigenvalue weighted by Gasteiger charge is 2.39. The van der Waals surface area contributed by atoms with E-state index in [2.05, 4.69) is 20.8 Å². The molecule has 0 fully saturated rings. The van der Waals surface area contributed by atoms with Crippen LogP contribution in [-0.4, -0.2) is 30.2 Å². The number of amides is 2. The number of ether oxygens (including phenoxy) is 2. The highest BCUT2D eigenvalue weighted by Crippen LogP contribution is 2.43. The monoisotopic (exact) mass is 440 g/mol. The third kappa shape index (κ3) is 2.82. The van der Waals surface area contributed by atoms with Gasteiger partial charge in [0.25, 0.3) is 0 Å². The Morgan fingerprint density at radius 2 is 1.88 bits per heavy atom. The van der Waals surface area contributed by atoms with Crippen molar-refractivity contribution in [3.8, 4) is 11.5 Å². The predicted molar refractivity (Wildman–Crippen MR) is 113 cm³/mol. The van der Waals surface area contributed by atoms with Crippen molar-refractivity contribution in [2.45, 2.75) is 6.54 Å². The highest BCUT2D eigenvalue weighted by molar-refractivity contribution is 6.13. The van der Waals surface area contributed by atoms with Crippen LogP contribution in [0.2, 0.25) is 0 Å². The lowest BCUT2D eigenvalue weighted by atomic mass is 10.1. The number of halogens is 2. The number of pyridine rings is 1. The van der Waals surface area contributed by atoms with Crippen molar-refractivity contribution in [2.24, 2.45) is 0 Å². The quantitative estimate of drug-likeness (QED) is 0.577. The summed E-state index contributed by atoms with van der Waals surface area (Å²) in [4.78, 5) is 23.5. The molecule has 2 aliphatic heterocycles. The number of aromatic amines is 1. The normalized spacial score (nSPS) is 15.2. The van der Waals surface area contributed by atoms with E-state index in [1.165, 1.54) is 19.1 Å². The Labute approximate surface area is 180 Å². The van der Waals surface area contributed by atoms with E-state index in [0.29, 0.717) is 28.1 Å². The smallest absolute Gasteiger partial charge is 0.335 e. The molecule has 0 spiro atoms. The molecule has 3 N–H and O–H groups in total. The van der Waals surface area contributed by atoms with Gasteiger partial charge in [0.15, 0.2) is 23.1 Å². The third-order valence-electron chi connectivity index (χ3n) is 5.30. The first kappa shape index (κ1) is 19.7. The minimum Gasteiger partial charge on any atom is -0.493 e. The van der Waals surface area contributed by atoms with Crippen molar-refractivity contribution in [1.82, 2.24) is 20.8 Å². The number of aromatic nitrogens is 2. The van der Waals surface area contributed by atoms with Gasteiger partial charge < -0.3 is 19.9 Å². The number of benzene rings is 1. The van der Waals surface area contributed by atoms with E-state index < -0.39 is 23.4 Å². The number of hydrogen-bond acceptors (Lipinski definition) is 6. The van der Waals surface area contributed by atoms with Crippen LogP contribution in [0.4, 0.5) is 25.0 Å². The molecular weight excluding hydrogens is 422 g/mol. The first-order chi connectivity index (χ1) is 15.5. The second-order valence-electron chi connectivity index (χ2n) is 7.01. The van der Waals surface area contributed by atoms with Gasteiger partial charge in [0.1, 0.15) is 17.2 Å². The fraction of sp³-hybridized carbons (Fsp3) is 0.143. The van der Waals surface area contributed by atoms with Gasteiger partial charge in [-0.05, 0) is 18.2 Å². The summed E-state index contributed by atoms with van der Waals surface area (Å²) in [6.45, 7) is -0.112. The van der Waals surface area contributed by atoms with Crippen molar-refractivity contribution in [3.63, 3.8) is 0 Å². The molecule has 0 saturated heterocycles. The Morgan fingerprint density at radius 1 is 1.12 bits per heavy atom. The average Bonchev–Trinajstić information content (AvgIpc) is 3.29. The van der Waals surface area contributed by atoms with Gasteiger partial charge in [-0.25, -0.2) is 23.5 Å². The van der Waals surface area contributed by atoms with Crippen LogP contribution in [0.25, 0.3) is 11.0 Å². The minimum atomic E-state index is -1.01. The Morgan fingerprint density at radius 3 is 2.53 bits per heavy atom. The summed E-state index contributed by atoms with van der Waals surface area (Å²) in [6, 6.07) is 2.22. The number of anilines is 2. The molecule has 0 unspecified atom stereocenters. The second kappa shape index (κ2) is 7.45. The molecule has 4 heterocycles. The number of hydrogen-bond donors (Lipinski definition) is 3. The number of carbonyl (C=O) groups is 1. The lowest BCUT2D eigenvalue weighted by Gasteiger charge is -2.38. The van der Waals surface area contributed by atoms with Crippen LogP contribution in [0.5, 0.6) is 11.5 Å². The molecule has 9 nitrogen and oxygen atoms in total. The number of hydrazine groups is 1. The molecule has 0 saturated carbocycles. The molecule has 2 amide bonds. The summed E-state index contributed by atoms with van der Waals surface area (Å²) in [7, 11) is 2.50. The number of H-pyrrole nitrogens is 1. The molecule has 0 atom stereocenters. The maximum Gasteiger partial charge on any atom is 0.335 e. The van der Waals surface area contributed by atoms with Gasteiger partial charge in [-0.1, -0.05) is 0 Å². The topological polar surface area (TPSA) is 94.8 Å². The van der Waals surface area contributed by atoms with Crippen LogP contribution in [0.3, 0.4) is 0 Å². The van der Waals surface area contributed by atoms with Gasteiger partial charge in [0.05, 0.1) is 26.5 Å². The van der Waals surface area contributed by atoms with Crippen LogP contribution in [0, 0.1) is 11.6 Å². The van der Waals surface area contributed by atoms with Crippen LogP contribution in [-0.2, 0) is 6.54 Å². The molecular formula is C21H18F2N6O3. The molecule has 2 aromatic heterocycles. The first-order valence-electron chi connectivity index (χ1n) is 9.60. The number of fused-ring (bicyclic) bond motifs is 3. The third-order valence-corrected chi connectivity index (χ3v) is 5.30. The van der Waals surface area contributed by atoms with Crippen molar-refractivity contribution in [1.29, 1.82) is 0 Å². The van der Waals surface area contributed by atoms with Crippen LogP contribution >= 0.6 is 0 Å². The molecule has 2 aliphatic rings. The van der Waals surface area contributed by atoms with E-state index in [4.69, 9.17) is 9.47 Å². The summed E-state index contributed by atoms with van der Waals surface area (Å²) in [5.74, 6) is -2.15. The Hall–Kier alpha value is -4.28. The highest BCUT2D eigenvalue weighted by atomic mass is 19.1. The average molecular weight is 440 g/mol. The fourth-order valence-electron chi connectivity index (χ4n) is 3.85. The molecule has 3 aromatic rings. The van der Waals surface area contributed by atoms with Gasteiger partial charge in [-0.15, -0.1) is 0 Å². The number of rotatable bonds is 4. The van der Waals surface area contributed by atoms with E-state index in [-0.39, 0.29) is 18.0 Å². The van der Waals surface area contributed by atoms with Gasteiger partial charge in [0.2, 0.25) is 0 Å². The number of methoxy groups -OCH3 is 2. The van der Waals surface area contributed by atoms with E-state index in [0.717, 1.165) is 11.0 Å². The maximum atomic E-state index is 15.2. The molecule has 0 bridgehead atoms.